The largest absolute Gasteiger partial charge is 0.493 e. The van der Waals surface area contributed by atoms with Crippen LogP contribution in [0, 0.1) is 0 Å². The zero-order valence-corrected chi connectivity index (χ0v) is 19.3. The third kappa shape index (κ3) is 4.55. The van der Waals surface area contributed by atoms with Gasteiger partial charge in [0.05, 0.1) is 31.4 Å². The highest BCUT2D eigenvalue weighted by atomic mass is 79.9. The second-order valence-electron chi connectivity index (χ2n) is 6.96. The summed E-state index contributed by atoms with van der Waals surface area (Å²) >= 11 is 3.57. The van der Waals surface area contributed by atoms with Crippen LogP contribution in [0.4, 0.5) is 5.82 Å². The molecule has 4 rings (SSSR count). The van der Waals surface area contributed by atoms with Crippen LogP contribution >= 0.6 is 15.9 Å². The van der Waals surface area contributed by atoms with Crippen molar-refractivity contribution in [2.75, 3.05) is 26.1 Å². The standard InChI is InChI=1S/C24H22BrN3O4/c1-30-20-9-5-7-17(24(20)31-2)14-28-21(12-13-26-28)27-22(29)15-32-19-11-10-16-6-3-4-8-18(16)23(19)25/h3-13H,14-15H2,1-2H3,(H,27,29). The number of carbonyl (C=O) groups excluding carboxylic acids is 1. The summed E-state index contributed by atoms with van der Waals surface area (Å²) in [6.45, 7) is 0.269. The van der Waals surface area contributed by atoms with E-state index >= 15 is 0 Å². The first kappa shape index (κ1) is 21.7. The maximum Gasteiger partial charge on any atom is 0.263 e. The molecule has 0 saturated carbocycles. The minimum atomic E-state index is -0.288. The molecule has 0 fully saturated rings. The highest BCUT2D eigenvalue weighted by molar-refractivity contribution is 9.10. The molecule has 8 heteroatoms. The zero-order chi connectivity index (χ0) is 22.5. The molecule has 32 heavy (non-hydrogen) atoms. The second-order valence-corrected chi connectivity index (χ2v) is 7.76. The lowest BCUT2D eigenvalue weighted by molar-refractivity contribution is -0.118. The topological polar surface area (TPSA) is 74.6 Å². The Morgan fingerprint density at radius 2 is 1.84 bits per heavy atom. The maximum atomic E-state index is 12.5. The molecule has 0 aliphatic heterocycles. The number of amides is 1. The van der Waals surface area contributed by atoms with Crippen LogP contribution in [0.15, 0.2) is 71.3 Å². The van der Waals surface area contributed by atoms with Gasteiger partial charge in [0.2, 0.25) is 0 Å². The molecule has 7 nitrogen and oxygen atoms in total. The number of methoxy groups -OCH3 is 2. The first-order valence-electron chi connectivity index (χ1n) is 9.92. The lowest BCUT2D eigenvalue weighted by atomic mass is 10.1. The number of fused-ring (bicyclic) bond motifs is 1. The van der Waals surface area contributed by atoms with Gasteiger partial charge in [0.1, 0.15) is 11.6 Å². The number of carbonyl (C=O) groups is 1. The number of anilines is 1. The second kappa shape index (κ2) is 9.74. The van der Waals surface area contributed by atoms with E-state index in [1.165, 1.54) is 0 Å². The van der Waals surface area contributed by atoms with E-state index in [0.717, 1.165) is 20.8 Å². The van der Waals surface area contributed by atoms with Crippen molar-refractivity contribution in [1.82, 2.24) is 9.78 Å². The van der Waals surface area contributed by atoms with Gasteiger partial charge in [-0.1, -0.05) is 42.5 Å². The summed E-state index contributed by atoms with van der Waals surface area (Å²) < 4.78 is 19.1. The lowest BCUT2D eigenvalue weighted by Crippen LogP contribution is -2.22. The molecule has 0 aliphatic rings. The molecule has 1 N–H and O–H groups in total. The molecule has 0 radical (unpaired) electrons. The summed E-state index contributed by atoms with van der Waals surface area (Å²) in [5.74, 6) is 2.14. The summed E-state index contributed by atoms with van der Waals surface area (Å²) in [7, 11) is 3.19. The Morgan fingerprint density at radius 1 is 1.00 bits per heavy atom. The minimum Gasteiger partial charge on any atom is -0.493 e. The Labute approximate surface area is 194 Å². The number of rotatable bonds is 8. The molecule has 0 atom stereocenters. The molecule has 4 aromatic rings. The molecule has 1 amide bonds. The van der Waals surface area contributed by atoms with Crippen molar-refractivity contribution in [2.24, 2.45) is 0 Å². The van der Waals surface area contributed by atoms with Gasteiger partial charge >= 0.3 is 0 Å². The lowest BCUT2D eigenvalue weighted by Gasteiger charge is -2.14. The van der Waals surface area contributed by atoms with Crippen molar-refractivity contribution in [1.29, 1.82) is 0 Å². The van der Waals surface area contributed by atoms with Gasteiger partial charge in [-0.25, -0.2) is 4.68 Å². The van der Waals surface area contributed by atoms with Gasteiger partial charge in [0.15, 0.2) is 18.1 Å². The average molecular weight is 496 g/mol. The van der Waals surface area contributed by atoms with Crippen LogP contribution in [-0.4, -0.2) is 36.5 Å². The van der Waals surface area contributed by atoms with E-state index in [4.69, 9.17) is 14.2 Å². The quantitative estimate of drug-likeness (QED) is 0.377. The van der Waals surface area contributed by atoms with E-state index in [1.807, 2.05) is 54.6 Å². The molecular weight excluding hydrogens is 474 g/mol. The van der Waals surface area contributed by atoms with Gasteiger partial charge in [-0.2, -0.15) is 5.10 Å². The number of aromatic nitrogens is 2. The summed E-state index contributed by atoms with van der Waals surface area (Å²) in [5.41, 5.74) is 0.877. The van der Waals surface area contributed by atoms with Crippen molar-refractivity contribution in [3.05, 3.63) is 76.9 Å². The van der Waals surface area contributed by atoms with Gasteiger partial charge in [-0.3, -0.25) is 4.79 Å². The monoisotopic (exact) mass is 495 g/mol. The number of hydrogen-bond donors (Lipinski definition) is 1. The molecule has 3 aromatic carbocycles. The SMILES string of the molecule is COc1cccc(Cn2nccc2NC(=O)COc2ccc3ccccc3c2Br)c1OC. The highest BCUT2D eigenvalue weighted by Gasteiger charge is 2.14. The number of para-hydroxylation sites is 1. The van der Waals surface area contributed by atoms with Gasteiger partial charge in [-0.15, -0.1) is 0 Å². The smallest absolute Gasteiger partial charge is 0.263 e. The van der Waals surface area contributed by atoms with Gasteiger partial charge in [0, 0.05) is 11.6 Å². The van der Waals surface area contributed by atoms with Crippen LogP contribution in [0.5, 0.6) is 17.2 Å². The third-order valence-electron chi connectivity index (χ3n) is 4.98. The summed E-state index contributed by atoms with van der Waals surface area (Å²) in [5, 5.41) is 9.29. The molecule has 0 unspecified atom stereocenters. The van der Waals surface area contributed by atoms with Crippen LogP contribution in [0.1, 0.15) is 5.56 Å². The van der Waals surface area contributed by atoms with E-state index in [-0.39, 0.29) is 12.5 Å². The van der Waals surface area contributed by atoms with Gasteiger partial charge < -0.3 is 19.5 Å². The number of benzene rings is 3. The van der Waals surface area contributed by atoms with Crippen molar-refractivity contribution < 1.29 is 19.0 Å². The normalized spacial score (nSPS) is 10.7. The fourth-order valence-corrected chi connectivity index (χ4v) is 4.06. The van der Waals surface area contributed by atoms with E-state index < -0.39 is 0 Å². The molecule has 0 bridgehead atoms. The molecule has 1 heterocycles. The number of hydrogen-bond acceptors (Lipinski definition) is 5. The first-order chi connectivity index (χ1) is 15.6. The Hall–Kier alpha value is -3.52. The molecule has 164 valence electrons. The van der Waals surface area contributed by atoms with Crippen LogP contribution in [0.3, 0.4) is 0 Å². The van der Waals surface area contributed by atoms with Gasteiger partial charge in [0.25, 0.3) is 5.91 Å². The van der Waals surface area contributed by atoms with E-state index in [1.54, 1.807) is 31.2 Å². The van der Waals surface area contributed by atoms with Gasteiger partial charge in [-0.05, 0) is 38.8 Å². The predicted octanol–water partition coefficient (Wildman–Crippen LogP) is 4.88. The summed E-state index contributed by atoms with van der Waals surface area (Å²) in [4.78, 5) is 12.5. The number of halogens is 1. The third-order valence-corrected chi connectivity index (χ3v) is 5.79. The van der Waals surface area contributed by atoms with Crippen LogP contribution in [0.2, 0.25) is 0 Å². The number of nitrogens with one attached hydrogen (secondary N) is 1. The molecule has 1 aromatic heterocycles. The van der Waals surface area contributed by atoms with Crippen molar-refractivity contribution in [3.8, 4) is 17.2 Å². The molecule has 0 saturated heterocycles. The fraction of sp³-hybridized carbons (Fsp3) is 0.167. The Balaban J connectivity index is 1.44. The Kier molecular flexibility index (Phi) is 6.61. The first-order valence-corrected chi connectivity index (χ1v) is 10.7. The summed E-state index contributed by atoms with van der Waals surface area (Å²) in [6, 6.07) is 19.1. The predicted molar refractivity (Wildman–Crippen MR) is 127 cm³/mol. The number of nitrogens with zero attached hydrogens (tertiary/aromatic N) is 2. The van der Waals surface area contributed by atoms with Crippen LogP contribution < -0.4 is 19.5 Å². The van der Waals surface area contributed by atoms with Crippen molar-refractivity contribution >= 4 is 38.4 Å². The van der Waals surface area contributed by atoms with Crippen molar-refractivity contribution in [2.45, 2.75) is 6.54 Å². The zero-order valence-electron chi connectivity index (χ0n) is 17.7. The molecule has 0 spiro atoms. The summed E-state index contributed by atoms with van der Waals surface area (Å²) in [6.07, 6.45) is 1.63. The van der Waals surface area contributed by atoms with Crippen molar-refractivity contribution in [3.63, 3.8) is 0 Å². The highest BCUT2D eigenvalue weighted by Crippen LogP contribution is 2.33. The Bertz CT molecular complexity index is 1260. The van der Waals surface area contributed by atoms with E-state index in [0.29, 0.717) is 29.6 Å². The fourth-order valence-electron chi connectivity index (χ4n) is 3.45. The van der Waals surface area contributed by atoms with E-state index in [2.05, 4.69) is 26.3 Å². The molecular formula is C24H22BrN3O4. The number of ether oxygens (including phenoxy) is 3. The minimum absolute atomic E-state index is 0.134. The maximum absolute atomic E-state index is 12.5. The molecule has 0 aliphatic carbocycles. The van der Waals surface area contributed by atoms with Crippen LogP contribution in [-0.2, 0) is 11.3 Å². The average Bonchev–Trinajstić information content (AvgIpc) is 3.24. The van der Waals surface area contributed by atoms with E-state index in [9.17, 15) is 4.79 Å². The Morgan fingerprint density at radius 3 is 2.66 bits per heavy atom. The van der Waals surface area contributed by atoms with Crippen LogP contribution in [0.25, 0.3) is 10.8 Å².